The Hall–Kier alpha value is -2.88. The largest absolute Gasteiger partial charge is 0.475 e. The summed E-state index contributed by atoms with van der Waals surface area (Å²) in [6.07, 6.45) is 2.00. The molecule has 0 atom stereocenters. The van der Waals surface area contributed by atoms with E-state index < -0.39 is 11.8 Å². The van der Waals surface area contributed by atoms with E-state index in [1.165, 1.54) is 0 Å². The first kappa shape index (κ1) is 13.1. The number of aromatic nitrogens is 1. The molecule has 3 aromatic rings. The number of Topliss-reactive ketones (excluding diaryl/α,β-unsaturated/α-hetero) is 1. The first-order chi connectivity index (χ1) is 10.1. The number of rotatable bonds is 3. The van der Waals surface area contributed by atoms with Crippen LogP contribution in [0.15, 0.2) is 54.7 Å². The molecule has 0 aliphatic heterocycles. The Morgan fingerprint density at radius 1 is 0.952 bits per heavy atom. The van der Waals surface area contributed by atoms with Gasteiger partial charge in [0.15, 0.2) is 0 Å². The third-order valence-electron chi connectivity index (χ3n) is 3.56. The normalized spacial score (nSPS) is 10.7. The summed E-state index contributed by atoms with van der Waals surface area (Å²) in [5.74, 6) is -2.33. The van der Waals surface area contributed by atoms with Crippen molar-refractivity contribution in [2.45, 2.75) is 0 Å². The molecule has 104 valence electrons. The van der Waals surface area contributed by atoms with E-state index in [4.69, 9.17) is 5.11 Å². The van der Waals surface area contributed by atoms with E-state index in [0.717, 1.165) is 22.0 Å². The molecule has 0 unspecified atom stereocenters. The molecule has 0 saturated carbocycles. The van der Waals surface area contributed by atoms with Crippen LogP contribution in [0, 0.1) is 0 Å². The van der Waals surface area contributed by atoms with Gasteiger partial charge in [0, 0.05) is 29.7 Å². The van der Waals surface area contributed by atoms with Crippen LogP contribution in [0.25, 0.3) is 22.0 Å². The molecule has 0 radical (unpaired) electrons. The average Bonchev–Trinajstić information content (AvgIpc) is 2.87. The Bertz CT molecular complexity index is 844. The van der Waals surface area contributed by atoms with Gasteiger partial charge < -0.3 is 9.67 Å². The Morgan fingerprint density at radius 2 is 1.62 bits per heavy atom. The molecule has 0 aliphatic rings. The molecule has 0 saturated heterocycles. The van der Waals surface area contributed by atoms with E-state index in [-0.39, 0.29) is 5.56 Å². The highest BCUT2D eigenvalue weighted by atomic mass is 16.4. The van der Waals surface area contributed by atoms with E-state index in [1.54, 1.807) is 24.3 Å². The summed E-state index contributed by atoms with van der Waals surface area (Å²) in [7, 11) is 1.99. The first-order valence-electron chi connectivity index (χ1n) is 6.49. The highest BCUT2D eigenvalue weighted by molar-refractivity contribution is 6.39. The van der Waals surface area contributed by atoms with Crippen molar-refractivity contribution in [3.63, 3.8) is 0 Å². The quantitative estimate of drug-likeness (QED) is 0.592. The number of carboxylic acid groups (broad SMARTS) is 1. The van der Waals surface area contributed by atoms with Crippen molar-refractivity contribution in [3.8, 4) is 11.1 Å². The van der Waals surface area contributed by atoms with Crippen LogP contribution < -0.4 is 0 Å². The molecule has 1 heterocycles. The van der Waals surface area contributed by atoms with Crippen LogP contribution in [0.4, 0.5) is 0 Å². The van der Waals surface area contributed by atoms with E-state index in [1.807, 2.05) is 36.0 Å². The molecular formula is C17H13NO3. The minimum atomic E-state index is -1.44. The van der Waals surface area contributed by atoms with Gasteiger partial charge in [-0.3, -0.25) is 4.79 Å². The van der Waals surface area contributed by atoms with Gasteiger partial charge in [-0.1, -0.05) is 30.3 Å². The van der Waals surface area contributed by atoms with Gasteiger partial charge in [0.25, 0.3) is 5.78 Å². The van der Waals surface area contributed by atoms with Crippen molar-refractivity contribution in [1.82, 2.24) is 4.57 Å². The van der Waals surface area contributed by atoms with Crippen molar-refractivity contribution in [2.24, 2.45) is 7.05 Å². The summed E-state index contributed by atoms with van der Waals surface area (Å²) in [5, 5.41) is 9.83. The molecular weight excluding hydrogens is 266 g/mol. The monoisotopic (exact) mass is 279 g/mol. The molecule has 3 rings (SSSR count). The van der Waals surface area contributed by atoms with Crippen LogP contribution in [0.3, 0.4) is 0 Å². The number of fused-ring (bicyclic) bond motifs is 1. The third kappa shape index (κ3) is 2.31. The standard InChI is InChI=1S/C17H13NO3/c1-18-9-8-14-10-13(6-7-15(14)18)11-2-4-12(5-3-11)16(19)17(20)21/h2-10H,1H3,(H,20,21). The first-order valence-corrected chi connectivity index (χ1v) is 6.49. The molecule has 4 nitrogen and oxygen atoms in total. The number of carbonyl (C=O) groups is 2. The summed E-state index contributed by atoms with van der Waals surface area (Å²) in [6.45, 7) is 0. The second-order valence-corrected chi connectivity index (χ2v) is 4.91. The van der Waals surface area contributed by atoms with E-state index >= 15 is 0 Å². The van der Waals surface area contributed by atoms with Crippen molar-refractivity contribution in [1.29, 1.82) is 0 Å². The van der Waals surface area contributed by atoms with Crippen molar-refractivity contribution in [3.05, 3.63) is 60.3 Å². The van der Waals surface area contributed by atoms with Crippen LogP contribution in [0.1, 0.15) is 10.4 Å². The molecule has 21 heavy (non-hydrogen) atoms. The Labute approximate surface area is 121 Å². The Morgan fingerprint density at radius 3 is 2.29 bits per heavy atom. The maximum absolute atomic E-state index is 11.4. The van der Waals surface area contributed by atoms with Gasteiger partial charge in [0.05, 0.1) is 0 Å². The second kappa shape index (κ2) is 4.90. The lowest BCUT2D eigenvalue weighted by atomic mass is 10.0. The van der Waals surface area contributed by atoms with Gasteiger partial charge in [0.2, 0.25) is 0 Å². The molecule has 1 N–H and O–H groups in total. The number of carbonyl (C=O) groups excluding carboxylic acids is 1. The van der Waals surface area contributed by atoms with E-state index in [2.05, 4.69) is 6.07 Å². The van der Waals surface area contributed by atoms with E-state index in [9.17, 15) is 9.59 Å². The number of aryl methyl sites for hydroxylation is 1. The highest BCUT2D eigenvalue weighted by Crippen LogP contribution is 2.25. The molecule has 0 bridgehead atoms. The van der Waals surface area contributed by atoms with Crippen molar-refractivity contribution < 1.29 is 14.7 Å². The van der Waals surface area contributed by atoms with Crippen molar-refractivity contribution >= 4 is 22.7 Å². The zero-order chi connectivity index (χ0) is 15.0. The third-order valence-corrected chi connectivity index (χ3v) is 3.56. The fourth-order valence-corrected chi connectivity index (χ4v) is 2.40. The molecule has 0 spiro atoms. The molecule has 0 amide bonds. The van der Waals surface area contributed by atoms with Gasteiger partial charge in [-0.2, -0.15) is 0 Å². The van der Waals surface area contributed by atoms with E-state index in [0.29, 0.717) is 0 Å². The lowest BCUT2D eigenvalue weighted by Gasteiger charge is -2.04. The maximum atomic E-state index is 11.4. The predicted octanol–water partition coefficient (Wildman–Crippen LogP) is 3.11. The highest BCUT2D eigenvalue weighted by Gasteiger charge is 2.14. The summed E-state index contributed by atoms with van der Waals surface area (Å²) in [6, 6.07) is 14.8. The summed E-state index contributed by atoms with van der Waals surface area (Å²) in [5.41, 5.74) is 3.31. The lowest BCUT2D eigenvalue weighted by molar-refractivity contribution is -0.131. The van der Waals surface area contributed by atoms with Crippen LogP contribution in [-0.2, 0) is 11.8 Å². The number of nitrogens with zero attached hydrogens (tertiary/aromatic N) is 1. The smallest absolute Gasteiger partial charge is 0.377 e. The van der Waals surface area contributed by atoms with Crippen LogP contribution in [0.5, 0.6) is 0 Å². The number of benzene rings is 2. The predicted molar refractivity (Wildman–Crippen MR) is 80.3 cm³/mol. The molecule has 0 fully saturated rings. The maximum Gasteiger partial charge on any atom is 0.377 e. The number of ketones is 1. The molecule has 4 heteroatoms. The van der Waals surface area contributed by atoms with Crippen LogP contribution in [0.2, 0.25) is 0 Å². The molecule has 0 aliphatic carbocycles. The summed E-state index contributed by atoms with van der Waals surface area (Å²) < 4.78 is 2.05. The fourth-order valence-electron chi connectivity index (χ4n) is 2.40. The van der Waals surface area contributed by atoms with Gasteiger partial charge >= 0.3 is 5.97 Å². The number of carboxylic acids is 1. The van der Waals surface area contributed by atoms with Gasteiger partial charge in [-0.25, -0.2) is 4.79 Å². The van der Waals surface area contributed by atoms with Crippen LogP contribution >= 0.6 is 0 Å². The SMILES string of the molecule is Cn1ccc2cc(-c3ccc(C(=O)C(=O)O)cc3)ccc21. The minimum Gasteiger partial charge on any atom is -0.475 e. The number of hydrogen-bond acceptors (Lipinski definition) is 2. The Balaban J connectivity index is 1.98. The zero-order valence-electron chi connectivity index (χ0n) is 11.4. The number of hydrogen-bond donors (Lipinski definition) is 1. The van der Waals surface area contributed by atoms with Gasteiger partial charge in [0.1, 0.15) is 0 Å². The van der Waals surface area contributed by atoms with Crippen molar-refractivity contribution in [2.75, 3.05) is 0 Å². The van der Waals surface area contributed by atoms with Crippen LogP contribution in [-0.4, -0.2) is 21.4 Å². The Kier molecular flexibility index (Phi) is 3.06. The topological polar surface area (TPSA) is 59.3 Å². The van der Waals surface area contributed by atoms with Gasteiger partial charge in [-0.05, 0) is 29.3 Å². The lowest BCUT2D eigenvalue weighted by Crippen LogP contribution is -2.12. The van der Waals surface area contributed by atoms with Gasteiger partial charge in [-0.15, -0.1) is 0 Å². The minimum absolute atomic E-state index is 0.187. The fraction of sp³-hybridized carbons (Fsp3) is 0.0588. The molecule has 2 aromatic carbocycles. The summed E-state index contributed by atoms with van der Waals surface area (Å²) in [4.78, 5) is 22.0. The zero-order valence-corrected chi connectivity index (χ0v) is 11.4. The average molecular weight is 279 g/mol. The molecule has 1 aromatic heterocycles. The number of aliphatic carboxylic acids is 1. The summed E-state index contributed by atoms with van der Waals surface area (Å²) >= 11 is 0. The second-order valence-electron chi connectivity index (χ2n) is 4.91.